The van der Waals surface area contributed by atoms with Crippen LogP contribution in [-0.2, 0) is 4.74 Å². The summed E-state index contributed by atoms with van der Waals surface area (Å²) in [6.07, 6.45) is 7.10. The summed E-state index contributed by atoms with van der Waals surface area (Å²) in [7, 11) is 0. The zero-order valence-electron chi connectivity index (χ0n) is 12.6. The molecule has 1 aliphatic rings. The van der Waals surface area contributed by atoms with Crippen LogP contribution < -0.4 is 10.1 Å². The summed E-state index contributed by atoms with van der Waals surface area (Å²) in [4.78, 5) is 4.33. The van der Waals surface area contributed by atoms with E-state index in [-0.39, 0.29) is 0 Å². The molecule has 20 heavy (non-hydrogen) atoms. The van der Waals surface area contributed by atoms with E-state index in [1.807, 2.05) is 6.20 Å². The van der Waals surface area contributed by atoms with Gasteiger partial charge in [0.25, 0.3) is 0 Å². The zero-order valence-corrected chi connectivity index (χ0v) is 12.6. The largest absolute Gasteiger partial charge is 0.492 e. The molecule has 0 aliphatic carbocycles. The van der Waals surface area contributed by atoms with E-state index in [9.17, 15) is 0 Å². The Morgan fingerprint density at radius 3 is 3.05 bits per heavy atom. The van der Waals surface area contributed by atoms with Crippen LogP contribution in [0.5, 0.6) is 5.75 Å². The zero-order chi connectivity index (χ0) is 14.2. The van der Waals surface area contributed by atoms with Gasteiger partial charge in [-0.2, -0.15) is 0 Å². The second-order valence-electron chi connectivity index (χ2n) is 5.32. The molecule has 0 radical (unpaired) electrons. The third-order valence-corrected chi connectivity index (χ3v) is 3.66. The molecular formula is C16H26N2O2. The molecule has 1 N–H and O–H groups in total. The summed E-state index contributed by atoms with van der Waals surface area (Å²) < 4.78 is 11.3. The van der Waals surface area contributed by atoms with E-state index in [0.717, 1.165) is 45.0 Å². The third-order valence-electron chi connectivity index (χ3n) is 3.66. The molecule has 0 aromatic carbocycles. The number of rotatable bonds is 7. The molecule has 2 heterocycles. The lowest BCUT2D eigenvalue weighted by atomic mass is 9.89. The number of ether oxygens (including phenoxy) is 2. The molecule has 2 unspecified atom stereocenters. The highest BCUT2D eigenvalue weighted by atomic mass is 16.5. The van der Waals surface area contributed by atoms with Gasteiger partial charge in [-0.1, -0.05) is 13.8 Å². The van der Waals surface area contributed by atoms with E-state index >= 15 is 0 Å². The summed E-state index contributed by atoms with van der Waals surface area (Å²) >= 11 is 0. The number of nitrogens with one attached hydrogen (secondary N) is 1. The highest BCUT2D eigenvalue weighted by molar-refractivity contribution is 5.26. The first-order valence-electron chi connectivity index (χ1n) is 7.74. The van der Waals surface area contributed by atoms with Gasteiger partial charge in [-0.15, -0.1) is 0 Å². The van der Waals surface area contributed by atoms with Crippen LogP contribution >= 0.6 is 0 Å². The van der Waals surface area contributed by atoms with Gasteiger partial charge in [-0.3, -0.25) is 4.98 Å². The van der Waals surface area contributed by atoms with E-state index in [2.05, 4.69) is 30.2 Å². The van der Waals surface area contributed by atoms with E-state index in [1.165, 1.54) is 12.0 Å². The van der Waals surface area contributed by atoms with Crippen molar-refractivity contribution < 1.29 is 9.47 Å². The number of hydrogen-bond acceptors (Lipinski definition) is 4. The van der Waals surface area contributed by atoms with Crippen LogP contribution in [0.4, 0.5) is 0 Å². The minimum Gasteiger partial charge on any atom is -0.492 e. The Balaban J connectivity index is 2.10. The number of pyridine rings is 1. The maximum absolute atomic E-state index is 5.69. The fourth-order valence-corrected chi connectivity index (χ4v) is 2.71. The van der Waals surface area contributed by atoms with Crippen molar-refractivity contribution in [3.8, 4) is 5.75 Å². The Labute approximate surface area is 121 Å². The van der Waals surface area contributed by atoms with E-state index < -0.39 is 0 Å². The minimum absolute atomic E-state index is 0.304. The van der Waals surface area contributed by atoms with Gasteiger partial charge in [0.05, 0.1) is 19.4 Å². The van der Waals surface area contributed by atoms with Crippen LogP contribution in [0.3, 0.4) is 0 Å². The van der Waals surface area contributed by atoms with Crippen molar-refractivity contribution in [2.24, 2.45) is 5.92 Å². The van der Waals surface area contributed by atoms with Crippen molar-refractivity contribution in [3.05, 3.63) is 24.0 Å². The average molecular weight is 278 g/mol. The normalized spacial score (nSPS) is 20.6. The monoisotopic (exact) mass is 278 g/mol. The van der Waals surface area contributed by atoms with Gasteiger partial charge < -0.3 is 14.8 Å². The fourth-order valence-electron chi connectivity index (χ4n) is 2.71. The summed E-state index contributed by atoms with van der Waals surface area (Å²) in [5, 5.41) is 3.58. The highest BCUT2D eigenvalue weighted by Gasteiger charge is 2.25. The maximum Gasteiger partial charge on any atom is 0.137 e. The lowest BCUT2D eigenvalue weighted by Crippen LogP contribution is -2.33. The predicted octanol–water partition coefficient (Wildman–Crippen LogP) is 2.95. The molecule has 1 saturated heterocycles. The molecule has 2 rings (SSSR count). The molecule has 1 aromatic heterocycles. The van der Waals surface area contributed by atoms with Gasteiger partial charge in [0, 0.05) is 24.8 Å². The summed E-state index contributed by atoms with van der Waals surface area (Å²) in [5.74, 6) is 1.39. The van der Waals surface area contributed by atoms with Crippen LogP contribution in [0, 0.1) is 5.92 Å². The maximum atomic E-state index is 5.69. The Morgan fingerprint density at radius 2 is 2.35 bits per heavy atom. The molecule has 112 valence electrons. The van der Waals surface area contributed by atoms with Crippen molar-refractivity contribution in [1.29, 1.82) is 0 Å². The molecule has 0 bridgehead atoms. The molecular weight excluding hydrogens is 252 g/mol. The van der Waals surface area contributed by atoms with Gasteiger partial charge >= 0.3 is 0 Å². The number of aromatic nitrogens is 1. The standard InChI is InChI=1S/C16H26N2O2/c1-3-7-20-15-9-14(10-17-11-15)16(18-4-2)13-6-5-8-19-12-13/h9-11,13,16,18H,3-8,12H2,1-2H3. The van der Waals surface area contributed by atoms with Crippen molar-refractivity contribution in [2.45, 2.75) is 39.2 Å². The van der Waals surface area contributed by atoms with E-state index in [4.69, 9.17) is 9.47 Å². The Kier molecular flexibility index (Phi) is 6.27. The molecule has 4 nitrogen and oxygen atoms in total. The van der Waals surface area contributed by atoms with E-state index in [0.29, 0.717) is 12.0 Å². The molecule has 0 saturated carbocycles. The van der Waals surface area contributed by atoms with Crippen LogP contribution in [0.15, 0.2) is 18.5 Å². The average Bonchev–Trinajstić information content (AvgIpc) is 2.52. The van der Waals surface area contributed by atoms with E-state index in [1.54, 1.807) is 6.20 Å². The third kappa shape index (κ3) is 4.18. The number of hydrogen-bond donors (Lipinski definition) is 1. The fraction of sp³-hybridized carbons (Fsp3) is 0.688. The van der Waals surface area contributed by atoms with Crippen LogP contribution in [0.25, 0.3) is 0 Å². The quantitative estimate of drug-likeness (QED) is 0.833. The van der Waals surface area contributed by atoms with Crippen LogP contribution in [0.2, 0.25) is 0 Å². The number of nitrogens with zero attached hydrogens (tertiary/aromatic N) is 1. The first-order chi connectivity index (χ1) is 9.85. The van der Waals surface area contributed by atoms with Gasteiger partial charge in [0.1, 0.15) is 5.75 Å². The van der Waals surface area contributed by atoms with Gasteiger partial charge in [0.2, 0.25) is 0 Å². The lowest BCUT2D eigenvalue weighted by Gasteiger charge is -2.31. The molecule has 0 spiro atoms. The van der Waals surface area contributed by atoms with Crippen molar-refractivity contribution in [3.63, 3.8) is 0 Å². The smallest absolute Gasteiger partial charge is 0.137 e. The molecule has 1 fully saturated rings. The van der Waals surface area contributed by atoms with Gasteiger partial charge in [-0.05, 0) is 37.4 Å². The van der Waals surface area contributed by atoms with Gasteiger partial charge in [0.15, 0.2) is 0 Å². The molecule has 0 amide bonds. The molecule has 4 heteroatoms. The first kappa shape index (κ1) is 15.3. The van der Waals surface area contributed by atoms with Crippen LogP contribution in [0.1, 0.15) is 44.7 Å². The summed E-state index contributed by atoms with van der Waals surface area (Å²) in [6, 6.07) is 2.42. The first-order valence-corrected chi connectivity index (χ1v) is 7.74. The highest BCUT2D eigenvalue weighted by Crippen LogP contribution is 2.30. The van der Waals surface area contributed by atoms with Crippen molar-refractivity contribution >= 4 is 0 Å². The Hall–Kier alpha value is -1.13. The van der Waals surface area contributed by atoms with Gasteiger partial charge in [-0.25, -0.2) is 0 Å². The Morgan fingerprint density at radius 1 is 1.45 bits per heavy atom. The summed E-state index contributed by atoms with van der Waals surface area (Å²) in [5.41, 5.74) is 1.20. The topological polar surface area (TPSA) is 43.4 Å². The molecule has 2 atom stereocenters. The second kappa shape index (κ2) is 8.22. The lowest BCUT2D eigenvalue weighted by molar-refractivity contribution is 0.0392. The second-order valence-corrected chi connectivity index (χ2v) is 5.32. The Bertz CT molecular complexity index is 392. The minimum atomic E-state index is 0.304. The van der Waals surface area contributed by atoms with Crippen LogP contribution in [-0.4, -0.2) is 31.3 Å². The van der Waals surface area contributed by atoms with Crippen molar-refractivity contribution in [1.82, 2.24) is 10.3 Å². The molecule has 1 aliphatic heterocycles. The SMILES string of the molecule is CCCOc1cncc(C(NCC)C2CCCOC2)c1. The van der Waals surface area contributed by atoms with Crippen molar-refractivity contribution in [2.75, 3.05) is 26.4 Å². The summed E-state index contributed by atoms with van der Waals surface area (Å²) in [6.45, 7) is 7.66. The predicted molar refractivity (Wildman–Crippen MR) is 80.0 cm³/mol. The molecule has 1 aromatic rings.